The molecule has 1 N–H and O–H groups in total. The van der Waals surface area contributed by atoms with Crippen molar-refractivity contribution in [2.45, 2.75) is 11.3 Å². The number of hydrogen-bond acceptors (Lipinski definition) is 2. The van der Waals surface area contributed by atoms with Crippen molar-refractivity contribution in [1.29, 1.82) is 0 Å². The van der Waals surface area contributed by atoms with Crippen LogP contribution in [0.4, 0.5) is 4.39 Å². The maximum absolute atomic E-state index is 12.7. The number of benzene rings is 2. The summed E-state index contributed by atoms with van der Waals surface area (Å²) in [7, 11) is 0. The van der Waals surface area contributed by atoms with Crippen molar-refractivity contribution in [3.05, 3.63) is 65.5 Å². The van der Waals surface area contributed by atoms with Gasteiger partial charge >= 0.3 is 0 Å². The number of carbonyl (C=O) groups is 1. The van der Waals surface area contributed by atoms with Gasteiger partial charge in [0.15, 0.2) is 0 Å². The monoisotopic (exact) mass is 275 g/mol. The van der Waals surface area contributed by atoms with E-state index in [1.54, 1.807) is 30.3 Å². The van der Waals surface area contributed by atoms with Crippen molar-refractivity contribution in [2.24, 2.45) is 0 Å². The Balaban J connectivity index is 1.86. The zero-order valence-electron chi connectivity index (χ0n) is 10.3. The van der Waals surface area contributed by atoms with Gasteiger partial charge < -0.3 is 5.32 Å². The van der Waals surface area contributed by atoms with Gasteiger partial charge in [0.1, 0.15) is 5.82 Å². The second-order valence-corrected chi connectivity index (χ2v) is 4.70. The third-order valence-electron chi connectivity index (χ3n) is 2.72. The molecule has 98 valence electrons. The van der Waals surface area contributed by atoms with Crippen molar-refractivity contribution < 1.29 is 9.18 Å². The predicted octanol–water partition coefficient (Wildman–Crippen LogP) is 3.09. The van der Waals surface area contributed by atoms with Gasteiger partial charge in [-0.2, -0.15) is 0 Å². The number of halogens is 1. The molecule has 0 spiro atoms. The van der Waals surface area contributed by atoms with Crippen molar-refractivity contribution in [1.82, 2.24) is 5.32 Å². The van der Waals surface area contributed by atoms with Crippen molar-refractivity contribution in [3.8, 4) is 0 Å². The van der Waals surface area contributed by atoms with Crippen LogP contribution in [-0.4, -0.2) is 12.5 Å². The SMILES string of the molecule is O=C(NCCc1ccc(F)cc1)c1cccc(S)c1. The first-order chi connectivity index (χ1) is 9.15. The summed E-state index contributed by atoms with van der Waals surface area (Å²) >= 11 is 4.19. The predicted molar refractivity (Wildman–Crippen MR) is 76.1 cm³/mol. The second kappa shape index (κ2) is 6.38. The molecule has 19 heavy (non-hydrogen) atoms. The van der Waals surface area contributed by atoms with Gasteiger partial charge in [0, 0.05) is 17.0 Å². The van der Waals surface area contributed by atoms with E-state index in [9.17, 15) is 9.18 Å². The summed E-state index contributed by atoms with van der Waals surface area (Å²) in [5, 5.41) is 2.82. The van der Waals surface area contributed by atoms with Crippen LogP contribution in [-0.2, 0) is 6.42 Å². The van der Waals surface area contributed by atoms with E-state index in [1.165, 1.54) is 12.1 Å². The Labute approximate surface area is 117 Å². The fourth-order valence-corrected chi connectivity index (χ4v) is 1.95. The number of thiol groups is 1. The summed E-state index contributed by atoms with van der Waals surface area (Å²) in [6.45, 7) is 0.515. The standard InChI is InChI=1S/C15H14FNOS/c16-13-6-4-11(5-7-13)8-9-17-15(18)12-2-1-3-14(19)10-12/h1-7,10,19H,8-9H2,(H,17,18). The Morgan fingerprint density at radius 3 is 2.58 bits per heavy atom. The molecule has 0 fully saturated rings. The molecule has 2 rings (SSSR count). The summed E-state index contributed by atoms with van der Waals surface area (Å²) in [4.78, 5) is 12.6. The molecule has 2 aromatic carbocycles. The van der Waals surface area contributed by atoms with Gasteiger partial charge in [0.2, 0.25) is 0 Å². The van der Waals surface area contributed by atoms with Gasteiger partial charge in [-0.05, 0) is 42.3 Å². The first-order valence-corrected chi connectivity index (χ1v) is 6.41. The summed E-state index contributed by atoms with van der Waals surface area (Å²) in [5.41, 5.74) is 1.58. The van der Waals surface area contributed by atoms with Crippen LogP contribution in [0.5, 0.6) is 0 Å². The van der Waals surface area contributed by atoms with Crippen LogP contribution in [0.15, 0.2) is 53.4 Å². The van der Waals surface area contributed by atoms with Gasteiger partial charge in [0.25, 0.3) is 5.91 Å². The average Bonchev–Trinajstić information content (AvgIpc) is 2.41. The summed E-state index contributed by atoms with van der Waals surface area (Å²) < 4.78 is 12.7. The van der Waals surface area contributed by atoms with Gasteiger partial charge in [-0.25, -0.2) is 4.39 Å². The lowest BCUT2D eigenvalue weighted by Crippen LogP contribution is -2.25. The zero-order valence-corrected chi connectivity index (χ0v) is 11.2. The van der Waals surface area contributed by atoms with E-state index in [0.717, 1.165) is 10.5 Å². The van der Waals surface area contributed by atoms with Crippen LogP contribution in [0.2, 0.25) is 0 Å². The lowest BCUT2D eigenvalue weighted by molar-refractivity contribution is 0.0954. The summed E-state index contributed by atoms with van der Waals surface area (Å²) in [6.07, 6.45) is 0.673. The molecule has 1 amide bonds. The van der Waals surface area contributed by atoms with E-state index in [-0.39, 0.29) is 11.7 Å². The Morgan fingerprint density at radius 1 is 1.16 bits per heavy atom. The van der Waals surface area contributed by atoms with E-state index >= 15 is 0 Å². The maximum atomic E-state index is 12.7. The molecule has 0 saturated carbocycles. The summed E-state index contributed by atoms with van der Waals surface area (Å²) in [6, 6.07) is 13.3. The molecule has 0 bridgehead atoms. The van der Waals surface area contributed by atoms with E-state index in [2.05, 4.69) is 17.9 Å². The minimum atomic E-state index is -0.252. The molecule has 0 aliphatic carbocycles. The molecule has 0 unspecified atom stereocenters. The molecule has 0 atom stereocenters. The third-order valence-corrected chi connectivity index (χ3v) is 3.00. The zero-order chi connectivity index (χ0) is 13.7. The molecular weight excluding hydrogens is 261 g/mol. The largest absolute Gasteiger partial charge is 0.352 e. The topological polar surface area (TPSA) is 29.1 Å². The molecule has 4 heteroatoms. The van der Waals surface area contributed by atoms with Crippen molar-refractivity contribution in [2.75, 3.05) is 6.54 Å². The van der Waals surface area contributed by atoms with Gasteiger partial charge in [-0.3, -0.25) is 4.79 Å². The highest BCUT2D eigenvalue weighted by Gasteiger charge is 2.04. The highest BCUT2D eigenvalue weighted by molar-refractivity contribution is 7.80. The van der Waals surface area contributed by atoms with Crippen molar-refractivity contribution >= 4 is 18.5 Å². The maximum Gasteiger partial charge on any atom is 0.251 e. The molecule has 0 aliphatic rings. The van der Waals surface area contributed by atoms with Crippen LogP contribution < -0.4 is 5.32 Å². The van der Waals surface area contributed by atoms with Crippen LogP contribution >= 0.6 is 12.6 Å². The molecule has 2 nitrogen and oxygen atoms in total. The highest BCUT2D eigenvalue weighted by Crippen LogP contribution is 2.08. The fraction of sp³-hybridized carbons (Fsp3) is 0.133. The Morgan fingerprint density at radius 2 is 1.89 bits per heavy atom. The minimum absolute atomic E-state index is 0.127. The third kappa shape index (κ3) is 4.10. The quantitative estimate of drug-likeness (QED) is 0.825. The van der Waals surface area contributed by atoms with Crippen LogP contribution in [0.25, 0.3) is 0 Å². The number of hydrogen-bond donors (Lipinski definition) is 2. The van der Waals surface area contributed by atoms with Crippen LogP contribution in [0, 0.1) is 5.82 Å². The Hall–Kier alpha value is -1.81. The number of amides is 1. The van der Waals surface area contributed by atoms with Crippen LogP contribution in [0.1, 0.15) is 15.9 Å². The van der Waals surface area contributed by atoms with Crippen LogP contribution in [0.3, 0.4) is 0 Å². The molecule has 0 saturated heterocycles. The van der Waals surface area contributed by atoms with Crippen molar-refractivity contribution in [3.63, 3.8) is 0 Å². The molecule has 2 aromatic rings. The van der Waals surface area contributed by atoms with E-state index in [1.807, 2.05) is 6.07 Å². The van der Waals surface area contributed by atoms with E-state index < -0.39 is 0 Å². The number of carbonyl (C=O) groups excluding carboxylic acids is 1. The normalized spacial score (nSPS) is 10.2. The average molecular weight is 275 g/mol. The Kier molecular flexibility index (Phi) is 4.58. The molecule has 0 heterocycles. The lowest BCUT2D eigenvalue weighted by atomic mass is 10.1. The van der Waals surface area contributed by atoms with Gasteiger partial charge in [-0.1, -0.05) is 18.2 Å². The molecule has 0 radical (unpaired) electrons. The molecular formula is C15H14FNOS. The van der Waals surface area contributed by atoms with E-state index in [4.69, 9.17) is 0 Å². The molecule has 0 aliphatic heterocycles. The fourth-order valence-electron chi connectivity index (χ4n) is 1.72. The minimum Gasteiger partial charge on any atom is -0.352 e. The Bertz CT molecular complexity index is 569. The first-order valence-electron chi connectivity index (χ1n) is 5.97. The highest BCUT2D eigenvalue weighted by atomic mass is 32.1. The smallest absolute Gasteiger partial charge is 0.251 e. The lowest BCUT2D eigenvalue weighted by Gasteiger charge is -2.06. The number of rotatable bonds is 4. The van der Waals surface area contributed by atoms with E-state index in [0.29, 0.717) is 18.5 Å². The second-order valence-electron chi connectivity index (χ2n) is 4.18. The molecule has 0 aromatic heterocycles. The van der Waals surface area contributed by atoms with Gasteiger partial charge in [0.05, 0.1) is 0 Å². The van der Waals surface area contributed by atoms with Gasteiger partial charge in [-0.15, -0.1) is 12.6 Å². The first kappa shape index (κ1) is 13.6. The number of nitrogens with one attached hydrogen (secondary N) is 1. The summed E-state index contributed by atoms with van der Waals surface area (Å²) in [5.74, 6) is -0.378.